The van der Waals surface area contributed by atoms with E-state index in [1.807, 2.05) is 0 Å². The van der Waals surface area contributed by atoms with Crippen molar-refractivity contribution in [3.05, 3.63) is 105 Å². The van der Waals surface area contributed by atoms with E-state index in [0.29, 0.717) is 0 Å². The third-order valence-corrected chi connectivity index (χ3v) is 18.2. The molecule has 0 atom stereocenters. The molecular formula is C23H26Sn. The van der Waals surface area contributed by atoms with Crippen LogP contribution in [0.2, 0.25) is 13.3 Å². The predicted octanol–water partition coefficient (Wildman–Crippen LogP) is 6.91. The van der Waals surface area contributed by atoms with Crippen LogP contribution in [0.5, 0.6) is 0 Å². The molecule has 2 aromatic rings. The second-order valence-corrected chi connectivity index (χ2v) is 18.7. The Hall–Kier alpha value is -1.80. The third kappa shape index (κ3) is 3.99. The van der Waals surface area contributed by atoms with Gasteiger partial charge in [0.25, 0.3) is 0 Å². The van der Waals surface area contributed by atoms with Gasteiger partial charge < -0.3 is 0 Å². The van der Waals surface area contributed by atoms with Gasteiger partial charge in [0, 0.05) is 0 Å². The summed E-state index contributed by atoms with van der Waals surface area (Å²) in [6.07, 6.45) is 6.21. The summed E-state index contributed by atoms with van der Waals surface area (Å²) in [5, 5.41) is 0. The zero-order valence-corrected chi connectivity index (χ0v) is 17.2. The molecule has 0 unspecified atom stereocenters. The molecule has 1 heteroatoms. The van der Waals surface area contributed by atoms with Crippen molar-refractivity contribution in [1.29, 1.82) is 0 Å². The van der Waals surface area contributed by atoms with Crippen molar-refractivity contribution in [3.8, 4) is 11.1 Å². The zero-order chi connectivity index (χ0) is 17.4. The van der Waals surface area contributed by atoms with Gasteiger partial charge in [-0.25, -0.2) is 0 Å². The van der Waals surface area contributed by atoms with E-state index in [2.05, 4.69) is 99.1 Å². The molecule has 0 saturated carbocycles. The van der Waals surface area contributed by atoms with Gasteiger partial charge in [0.2, 0.25) is 0 Å². The Bertz CT molecular complexity index is 698. The van der Waals surface area contributed by atoms with Gasteiger partial charge in [-0.05, 0) is 0 Å². The van der Waals surface area contributed by atoms with Crippen LogP contribution in [0.15, 0.2) is 99.1 Å². The van der Waals surface area contributed by atoms with Crippen LogP contribution in [0.4, 0.5) is 0 Å². The van der Waals surface area contributed by atoms with Crippen molar-refractivity contribution < 1.29 is 0 Å². The molecule has 0 amide bonds. The molecule has 24 heavy (non-hydrogen) atoms. The van der Waals surface area contributed by atoms with Crippen LogP contribution in [0.25, 0.3) is 14.7 Å². The SMILES string of the molecule is C=C[CH2][Sn]([CH2]C=C)([CH2]C=C)[C](=C)c1ccccc1-c1ccccc1. The molecule has 0 saturated heterocycles. The third-order valence-electron chi connectivity index (χ3n) is 4.58. The first kappa shape index (κ1) is 18.5. The van der Waals surface area contributed by atoms with E-state index in [1.54, 1.807) is 0 Å². The summed E-state index contributed by atoms with van der Waals surface area (Å²) < 4.78 is 4.53. The Labute approximate surface area is 150 Å². The standard InChI is InChI=1S/C14H11.3C3H5.Sn/c1-2-12-8-6-7-11-14(12)13-9-4-3-5-10-13;3*1-3-2;/h3-11H,1H2;3*3H,1-2H2;. The zero-order valence-electron chi connectivity index (χ0n) is 14.4. The Kier molecular flexibility index (Phi) is 6.86. The molecule has 0 aromatic heterocycles. The van der Waals surface area contributed by atoms with E-state index >= 15 is 0 Å². The number of hydrogen-bond acceptors (Lipinski definition) is 0. The molecular weight excluding hydrogens is 395 g/mol. The summed E-state index contributed by atoms with van der Waals surface area (Å²) in [5.74, 6) is 0. The van der Waals surface area contributed by atoms with E-state index in [9.17, 15) is 0 Å². The normalized spacial score (nSPS) is 10.8. The van der Waals surface area contributed by atoms with Crippen LogP contribution in [-0.2, 0) is 0 Å². The van der Waals surface area contributed by atoms with Gasteiger partial charge in [0.1, 0.15) is 0 Å². The van der Waals surface area contributed by atoms with E-state index in [1.165, 1.54) is 20.3 Å². The Morgan fingerprint density at radius 3 is 1.79 bits per heavy atom. The molecule has 0 aliphatic rings. The maximum absolute atomic E-state index is 4.59. The number of benzene rings is 2. The monoisotopic (exact) mass is 422 g/mol. The van der Waals surface area contributed by atoms with Gasteiger partial charge in [-0.15, -0.1) is 0 Å². The maximum atomic E-state index is 4.59. The summed E-state index contributed by atoms with van der Waals surface area (Å²) in [5.41, 5.74) is 3.79. The summed E-state index contributed by atoms with van der Waals surface area (Å²) in [4.78, 5) is 0. The van der Waals surface area contributed by atoms with Crippen molar-refractivity contribution in [2.75, 3.05) is 0 Å². The van der Waals surface area contributed by atoms with Gasteiger partial charge in [0.15, 0.2) is 0 Å². The van der Waals surface area contributed by atoms with Crippen LogP contribution < -0.4 is 0 Å². The Morgan fingerprint density at radius 1 is 0.750 bits per heavy atom. The first-order valence-corrected chi connectivity index (χ1v) is 15.8. The van der Waals surface area contributed by atoms with Gasteiger partial charge in [-0.3, -0.25) is 0 Å². The molecule has 122 valence electrons. The summed E-state index contributed by atoms with van der Waals surface area (Å²) in [6.45, 7) is 16.6. The Morgan fingerprint density at radius 2 is 1.25 bits per heavy atom. The molecule has 0 nitrogen and oxygen atoms in total. The Balaban J connectivity index is 2.56. The van der Waals surface area contributed by atoms with Crippen LogP contribution in [0, 0.1) is 0 Å². The fourth-order valence-electron chi connectivity index (χ4n) is 3.35. The van der Waals surface area contributed by atoms with Crippen molar-refractivity contribution >= 4 is 22.0 Å². The quantitative estimate of drug-likeness (QED) is 0.305. The molecule has 0 aliphatic carbocycles. The van der Waals surface area contributed by atoms with E-state index < -0.39 is 18.4 Å². The summed E-state index contributed by atoms with van der Waals surface area (Å²) in [7, 11) is 0. The van der Waals surface area contributed by atoms with Crippen LogP contribution >= 0.6 is 0 Å². The number of hydrogen-bond donors (Lipinski definition) is 0. The molecule has 2 rings (SSSR count). The van der Waals surface area contributed by atoms with Gasteiger partial charge in [0.05, 0.1) is 0 Å². The van der Waals surface area contributed by atoms with E-state index in [4.69, 9.17) is 0 Å². The molecule has 0 heterocycles. The van der Waals surface area contributed by atoms with E-state index in [0.717, 1.165) is 13.3 Å². The molecule has 0 fully saturated rings. The topological polar surface area (TPSA) is 0 Å². The molecule has 0 N–H and O–H groups in total. The van der Waals surface area contributed by atoms with Gasteiger partial charge in [-0.1, -0.05) is 0 Å². The first-order valence-electron chi connectivity index (χ1n) is 8.35. The molecule has 0 spiro atoms. The average molecular weight is 421 g/mol. The summed E-state index contributed by atoms with van der Waals surface area (Å²) in [6, 6.07) is 19.2. The van der Waals surface area contributed by atoms with Crippen LogP contribution in [0.3, 0.4) is 0 Å². The van der Waals surface area contributed by atoms with Crippen LogP contribution in [-0.4, -0.2) is 18.4 Å². The molecule has 2 aromatic carbocycles. The van der Waals surface area contributed by atoms with Crippen molar-refractivity contribution in [2.45, 2.75) is 13.3 Å². The van der Waals surface area contributed by atoms with Crippen LogP contribution in [0.1, 0.15) is 5.56 Å². The first-order chi connectivity index (χ1) is 11.7. The van der Waals surface area contributed by atoms with Crippen molar-refractivity contribution in [3.63, 3.8) is 0 Å². The average Bonchev–Trinajstić information content (AvgIpc) is 2.62. The molecule has 0 radical (unpaired) electrons. The van der Waals surface area contributed by atoms with Crippen molar-refractivity contribution in [1.82, 2.24) is 0 Å². The predicted molar refractivity (Wildman–Crippen MR) is 112 cm³/mol. The minimum atomic E-state index is -2.74. The minimum absolute atomic E-state index is 1.06. The molecule has 0 aliphatic heterocycles. The summed E-state index contributed by atoms with van der Waals surface area (Å²) >= 11 is -2.74. The van der Waals surface area contributed by atoms with Gasteiger partial charge >= 0.3 is 151 Å². The number of allylic oxidation sites excluding steroid dienone is 3. The van der Waals surface area contributed by atoms with Crippen molar-refractivity contribution in [2.24, 2.45) is 0 Å². The second kappa shape index (κ2) is 8.89. The van der Waals surface area contributed by atoms with Gasteiger partial charge in [-0.2, -0.15) is 0 Å². The van der Waals surface area contributed by atoms with E-state index in [-0.39, 0.29) is 0 Å². The fraction of sp³-hybridized carbons (Fsp3) is 0.130. The fourth-order valence-corrected chi connectivity index (χ4v) is 13.9. The molecule has 0 bridgehead atoms. The number of rotatable bonds is 9. The second-order valence-electron chi connectivity index (χ2n) is 6.15.